The number of anilines is 1. The molecule has 1 aliphatic heterocycles. The quantitative estimate of drug-likeness (QED) is 0.473. The summed E-state index contributed by atoms with van der Waals surface area (Å²) in [6, 6.07) is 9.82. The SMILES string of the molecule is C=CCn1c(SCC(=O)N2CCN(c3ncccn3)CC2)nc2ccccc21. The predicted octanol–water partition coefficient (Wildman–Crippen LogP) is 2.45. The highest BCUT2D eigenvalue weighted by molar-refractivity contribution is 7.99. The van der Waals surface area contributed by atoms with E-state index in [-0.39, 0.29) is 5.91 Å². The molecule has 144 valence electrons. The minimum Gasteiger partial charge on any atom is -0.338 e. The molecule has 8 heteroatoms. The summed E-state index contributed by atoms with van der Waals surface area (Å²) in [6.45, 7) is 7.36. The van der Waals surface area contributed by atoms with Crippen LogP contribution in [0.1, 0.15) is 0 Å². The summed E-state index contributed by atoms with van der Waals surface area (Å²) in [5.41, 5.74) is 2.00. The van der Waals surface area contributed by atoms with Crippen LogP contribution in [0.2, 0.25) is 0 Å². The Bertz CT molecular complexity index is 965. The Labute approximate surface area is 168 Å². The highest BCUT2D eigenvalue weighted by Crippen LogP contribution is 2.24. The lowest BCUT2D eigenvalue weighted by atomic mass is 10.3. The van der Waals surface area contributed by atoms with E-state index >= 15 is 0 Å². The molecule has 0 saturated carbocycles. The van der Waals surface area contributed by atoms with E-state index in [1.807, 2.05) is 35.2 Å². The van der Waals surface area contributed by atoms with Gasteiger partial charge in [0.25, 0.3) is 0 Å². The number of carbonyl (C=O) groups excluding carboxylic acids is 1. The number of para-hydroxylation sites is 2. The minimum absolute atomic E-state index is 0.135. The van der Waals surface area contributed by atoms with Crippen LogP contribution < -0.4 is 4.90 Å². The van der Waals surface area contributed by atoms with Gasteiger partial charge in [0.1, 0.15) is 0 Å². The molecule has 0 atom stereocenters. The second-order valence-electron chi connectivity index (χ2n) is 6.49. The highest BCUT2D eigenvalue weighted by Gasteiger charge is 2.23. The summed E-state index contributed by atoms with van der Waals surface area (Å²) in [7, 11) is 0. The molecule has 3 heterocycles. The van der Waals surface area contributed by atoms with Gasteiger partial charge in [0.15, 0.2) is 5.16 Å². The first-order valence-electron chi connectivity index (χ1n) is 9.25. The Morgan fingerprint density at radius 2 is 1.86 bits per heavy atom. The topological polar surface area (TPSA) is 67.2 Å². The van der Waals surface area contributed by atoms with E-state index in [0.717, 1.165) is 35.2 Å². The van der Waals surface area contributed by atoms with Gasteiger partial charge in [-0.05, 0) is 18.2 Å². The number of allylic oxidation sites excluding steroid dienone is 1. The van der Waals surface area contributed by atoms with Gasteiger partial charge in [0.05, 0.1) is 16.8 Å². The molecule has 0 aliphatic carbocycles. The lowest BCUT2D eigenvalue weighted by molar-refractivity contribution is -0.128. The maximum Gasteiger partial charge on any atom is 0.233 e. The highest BCUT2D eigenvalue weighted by atomic mass is 32.2. The maximum absolute atomic E-state index is 12.7. The van der Waals surface area contributed by atoms with Gasteiger partial charge in [-0.15, -0.1) is 6.58 Å². The van der Waals surface area contributed by atoms with Gasteiger partial charge in [-0.2, -0.15) is 0 Å². The number of fused-ring (bicyclic) bond motifs is 1. The molecule has 28 heavy (non-hydrogen) atoms. The lowest BCUT2D eigenvalue weighted by Crippen LogP contribution is -2.49. The zero-order chi connectivity index (χ0) is 19.3. The van der Waals surface area contributed by atoms with Crippen LogP contribution in [0.25, 0.3) is 11.0 Å². The van der Waals surface area contributed by atoms with Crippen molar-refractivity contribution >= 4 is 34.7 Å². The molecule has 7 nitrogen and oxygen atoms in total. The van der Waals surface area contributed by atoms with Crippen molar-refractivity contribution in [3.63, 3.8) is 0 Å². The fourth-order valence-electron chi connectivity index (χ4n) is 3.30. The van der Waals surface area contributed by atoms with Crippen LogP contribution in [0, 0.1) is 0 Å². The molecule has 0 N–H and O–H groups in total. The Kier molecular flexibility index (Phi) is 5.57. The summed E-state index contributed by atoms with van der Waals surface area (Å²) in [6.07, 6.45) is 5.34. The number of imidazole rings is 1. The molecular formula is C20H22N6OS. The van der Waals surface area contributed by atoms with Gasteiger partial charge in [0.2, 0.25) is 11.9 Å². The van der Waals surface area contributed by atoms with Crippen LogP contribution in [0.15, 0.2) is 60.5 Å². The van der Waals surface area contributed by atoms with Crippen molar-refractivity contribution in [1.29, 1.82) is 0 Å². The molecular weight excluding hydrogens is 372 g/mol. The monoisotopic (exact) mass is 394 g/mol. The van der Waals surface area contributed by atoms with Gasteiger partial charge in [-0.25, -0.2) is 15.0 Å². The predicted molar refractivity (Wildman–Crippen MR) is 111 cm³/mol. The molecule has 0 radical (unpaired) electrons. The van der Waals surface area contributed by atoms with Crippen LogP contribution in [-0.2, 0) is 11.3 Å². The summed E-state index contributed by atoms with van der Waals surface area (Å²) in [5.74, 6) is 1.24. The first-order valence-corrected chi connectivity index (χ1v) is 10.2. The van der Waals surface area contributed by atoms with E-state index < -0.39 is 0 Å². The summed E-state index contributed by atoms with van der Waals surface area (Å²) < 4.78 is 2.10. The number of hydrogen-bond acceptors (Lipinski definition) is 6. The average Bonchev–Trinajstić information content (AvgIpc) is 3.11. The molecule has 0 bridgehead atoms. The molecule has 1 aromatic carbocycles. The number of piperazine rings is 1. The van der Waals surface area contributed by atoms with E-state index in [4.69, 9.17) is 0 Å². The largest absolute Gasteiger partial charge is 0.338 e. The molecule has 4 rings (SSSR count). The molecule has 0 unspecified atom stereocenters. The van der Waals surface area contributed by atoms with Crippen molar-refractivity contribution in [1.82, 2.24) is 24.4 Å². The molecule has 1 fully saturated rings. The van der Waals surface area contributed by atoms with Crippen LogP contribution >= 0.6 is 11.8 Å². The van der Waals surface area contributed by atoms with E-state index in [2.05, 4.69) is 31.0 Å². The van der Waals surface area contributed by atoms with Crippen LogP contribution in [0.5, 0.6) is 0 Å². The molecule has 2 aromatic heterocycles. The Balaban J connectivity index is 1.37. The standard InChI is InChI=1S/C20H22N6OS/c1-2-10-26-17-7-4-3-6-16(17)23-20(26)28-15-18(27)24-11-13-25(14-12-24)19-21-8-5-9-22-19/h2-9H,1,10-15H2. The minimum atomic E-state index is 0.135. The van der Waals surface area contributed by atoms with E-state index in [9.17, 15) is 4.79 Å². The molecule has 1 saturated heterocycles. The van der Waals surface area contributed by atoms with Crippen molar-refractivity contribution in [3.05, 3.63) is 55.4 Å². The lowest BCUT2D eigenvalue weighted by Gasteiger charge is -2.34. The Morgan fingerprint density at radius 3 is 2.61 bits per heavy atom. The smallest absolute Gasteiger partial charge is 0.233 e. The second kappa shape index (κ2) is 8.43. The van der Waals surface area contributed by atoms with E-state index in [1.165, 1.54) is 11.8 Å². The third-order valence-corrected chi connectivity index (χ3v) is 5.68. The summed E-state index contributed by atoms with van der Waals surface area (Å²) in [5, 5.41) is 0.853. The number of amides is 1. The first kappa shape index (κ1) is 18.5. The number of carbonyl (C=O) groups is 1. The summed E-state index contributed by atoms with van der Waals surface area (Å²) >= 11 is 1.49. The van der Waals surface area contributed by atoms with Crippen molar-refractivity contribution in [2.45, 2.75) is 11.7 Å². The Morgan fingerprint density at radius 1 is 1.11 bits per heavy atom. The van der Waals surface area contributed by atoms with Crippen molar-refractivity contribution < 1.29 is 4.79 Å². The van der Waals surface area contributed by atoms with Crippen molar-refractivity contribution in [2.24, 2.45) is 0 Å². The van der Waals surface area contributed by atoms with Crippen LogP contribution in [0.3, 0.4) is 0 Å². The van der Waals surface area contributed by atoms with Crippen LogP contribution in [-0.4, -0.2) is 62.3 Å². The number of hydrogen-bond donors (Lipinski definition) is 0. The van der Waals surface area contributed by atoms with E-state index in [1.54, 1.807) is 18.5 Å². The van der Waals surface area contributed by atoms with Crippen LogP contribution in [0.4, 0.5) is 5.95 Å². The van der Waals surface area contributed by atoms with Gasteiger partial charge < -0.3 is 14.4 Å². The third kappa shape index (κ3) is 3.87. The normalized spacial score (nSPS) is 14.4. The number of nitrogens with zero attached hydrogens (tertiary/aromatic N) is 6. The van der Waals surface area contributed by atoms with Gasteiger partial charge in [0, 0.05) is 45.1 Å². The molecule has 1 aliphatic rings. The van der Waals surface area contributed by atoms with Gasteiger partial charge in [-0.3, -0.25) is 4.79 Å². The maximum atomic E-state index is 12.7. The first-order chi connectivity index (χ1) is 13.8. The van der Waals surface area contributed by atoms with Crippen molar-refractivity contribution in [2.75, 3.05) is 36.8 Å². The number of aromatic nitrogens is 4. The molecule has 0 spiro atoms. The van der Waals surface area contributed by atoms with Gasteiger partial charge >= 0.3 is 0 Å². The van der Waals surface area contributed by atoms with Gasteiger partial charge in [-0.1, -0.05) is 30.0 Å². The number of benzene rings is 1. The fourth-order valence-corrected chi connectivity index (χ4v) is 4.22. The van der Waals surface area contributed by atoms with Crippen molar-refractivity contribution in [3.8, 4) is 0 Å². The van der Waals surface area contributed by atoms with E-state index in [0.29, 0.717) is 25.4 Å². The molecule has 3 aromatic rings. The zero-order valence-electron chi connectivity index (χ0n) is 15.6. The third-order valence-electron chi connectivity index (χ3n) is 4.72. The fraction of sp³-hybridized carbons (Fsp3) is 0.300. The number of rotatable bonds is 6. The average molecular weight is 395 g/mol. The summed E-state index contributed by atoms with van der Waals surface area (Å²) in [4.78, 5) is 30.0. The zero-order valence-corrected chi connectivity index (χ0v) is 16.4. The Hall–Kier alpha value is -2.87. The molecule has 1 amide bonds. The number of thioether (sulfide) groups is 1. The second-order valence-corrected chi connectivity index (χ2v) is 7.43.